The molecule has 13 rings (SSSR count). The van der Waals surface area contributed by atoms with E-state index in [1.54, 1.807) is 36.0 Å². The Morgan fingerprint density at radius 2 is 1.05 bits per heavy atom. The van der Waals surface area contributed by atoms with Gasteiger partial charge >= 0.3 is 0 Å². The Morgan fingerprint density at radius 3 is 1.67 bits per heavy atom. The molecule has 1 aliphatic rings. The van der Waals surface area contributed by atoms with Gasteiger partial charge in [-0.15, -0.1) is 53.6 Å². The molecular weight excluding hydrogens is 1170 g/mol. The van der Waals surface area contributed by atoms with Crippen molar-refractivity contribution in [2.45, 2.75) is 52.4 Å². The second-order valence-corrected chi connectivity index (χ2v) is 21.8. The van der Waals surface area contributed by atoms with Crippen molar-refractivity contribution in [2.24, 2.45) is 0 Å². The smallest absolute Gasteiger partial charge is 0.143 e. The van der Waals surface area contributed by atoms with Gasteiger partial charge in [0.15, 0.2) is 0 Å². The summed E-state index contributed by atoms with van der Waals surface area (Å²) in [4.78, 5) is 8.65. The zero-order valence-corrected chi connectivity index (χ0v) is 47.6. The Balaban J connectivity index is 0.00000800. The van der Waals surface area contributed by atoms with Crippen LogP contribution in [0.4, 0.5) is 22.7 Å². The monoisotopic (exact) mass is 1240 g/mol. The van der Waals surface area contributed by atoms with E-state index in [0.29, 0.717) is 51.4 Å². The van der Waals surface area contributed by atoms with Gasteiger partial charge in [0.2, 0.25) is 0 Å². The van der Waals surface area contributed by atoms with Gasteiger partial charge in [-0.1, -0.05) is 217 Å². The van der Waals surface area contributed by atoms with Crippen LogP contribution in [0.3, 0.4) is 0 Å². The second kappa shape index (κ2) is 21.6. The average molecular weight is 1240 g/mol. The Labute approximate surface area is 503 Å². The second-order valence-electron chi connectivity index (χ2n) is 21.8. The molecule has 12 aromatic rings. The molecule has 0 bridgehead atoms. The van der Waals surface area contributed by atoms with E-state index in [2.05, 4.69) is 107 Å². The van der Waals surface area contributed by atoms with Crippen LogP contribution in [0.1, 0.15) is 66.4 Å². The third-order valence-corrected chi connectivity index (χ3v) is 14.5. The minimum atomic E-state index is -0.573. The van der Waals surface area contributed by atoms with E-state index in [1.807, 2.05) is 114 Å². The van der Waals surface area contributed by atoms with Gasteiger partial charge in [0.05, 0.1) is 13.7 Å². The van der Waals surface area contributed by atoms with Crippen molar-refractivity contribution in [3.63, 3.8) is 0 Å². The van der Waals surface area contributed by atoms with Crippen LogP contribution in [0.5, 0.6) is 23.0 Å². The fourth-order valence-corrected chi connectivity index (χ4v) is 10.4. The van der Waals surface area contributed by atoms with Crippen LogP contribution in [0.15, 0.2) is 243 Å². The average Bonchev–Trinajstić information content (AvgIpc) is 1.74. The van der Waals surface area contributed by atoms with Crippen LogP contribution in [0, 0.1) is 18.8 Å². The van der Waals surface area contributed by atoms with E-state index in [4.69, 9.17) is 28.2 Å². The summed E-state index contributed by atoms with van der Waals surface area (Å²) in [5.41, 5.74) is 9.11. The number of hydrogen-bond acceptors (Lipinski definition) is 5. The summed E-state index contributed by atoms with van der Waals surface area (Å²) >= 11 is 0. The zero-order valence-electron chi connectivity index (χ0n) is 55.3. The Bertz CT molecular complexity index is 4670. The van der Waals surface area contributed by atoms with Crippen molar-refractivity contribution >= 4 is 44.6 Å². The van der Waals surface area contributed by atoms with E-state index < -0.39 is 65.8 Å². The first kappa shape index (κ1) is 42.0. The standard InChI is InChI=1S/C74H59N4O2.Pt/c1-73(2,3)54-42-56(76-49-77(68-37-22-21-36-67(68)76)71-60(50-24-11-7-12-25-50)33-23-34-61(71)51-26-13-8-14-27-51)46-59(43-54)79-57-38-39-63-62-32-19-20-35-66(62)78(69(63)47-57)70-48-58(40-41-75-70)80-72-64(52-28-15-9-16-29-52)44-55(74(4,5)6)45-65(72)53-30-17-10-18-31-53;/h7-45,48-49H,1-6H3;/q-3;/i7D,8D,11D,12D,13D,14D,24D,25D,26D,27D;. The molecule has 0 saturated heterocycles. The number of hydrogen-bond donors (Lipinski definition) is 0. The maximum absolute atomic E-state index is 9.17. The van der Waals surface area contributed by atoms with Crippen LogP contribution in [-0.4, -0.2) is 9.55 Å². The van der Waals surface area contributed by atoms with Crippen LogP contribution in [0.2, 0.25) is 0 Å². The molecule has 7 heteroatoms. The predicted molar refractivity (Wildman–Crippen MR) is 330 cm³/mol. The SMILES string of the molecule is [2H]c1c([2H])c([2H])c(-c2cccc(-c3c([2H])c([2H])c([2H])c([2H])c3[2H])c2N2[CH-]N(c3[c-]c(Oc4[c-]c5c(cc4)c4ccccc4n5-c4cc(Oc5c(-c6ccccc6)cc(C(C)(C)C)cc5-c5ccccc5)ccn4)cc(C(C)(C)C)c3)c3ccccc32)c([2H])c1[2H].[Pt]. The minimum Gasteiger partial charge on any atom is -0.509 e. The number of aromatic nitrogens is 2. The molecule has 81 heavy (non-hydrogen) atoms. The number of pyridine rings is 1. The maximum Gasteiger partial charge on any atom is 0.143 e. The van der Waals surface area contributed by atoms with Crippen LogP contribution < -0.4 is 19.3 Å². The van der Waals surface area contributed by atoms with E-state index in [1.165, 1.54) is 5.56 Å². The maximum atomic E-state index is 9.17. The van der Waals surface area contributed by atoms with Crippen molar-refractivity contribution in [1.82, 2.24) is 9.55 Å². The largest absolute Gasteiger partial charge is 0.509 e. The number of rotatable bonds is 11. The predicted octanol–water partition coefficient (Wildman–Crippen LogP) is 20.0. The number of para-hydroxylation sites is 4. The number of anilines is 4. The van der Waals surface area contributed by atoms with E-state index >= 15 is 0 Å². The summed E-state index contributed by atoms with van der Waals surface area (Å²) in [6.07, 6.45) is 1.76. The van der Waals surface area contributed by atoms with Crippen molar-refractivity contribution in [3.05, 3.63) is 272 Å². The molecule has 0 N–H and O–H groups in total. The first-order valence-electron chi connectivity index (χ1n) is 31.5. The summed E-state index contributed by atoms with van der Waals surface area (Å²) in [5, 5.41) is 1.91. The summed E-state index contributed by atoms with van der Waals surface area (Å²) in [6, 6.07) is 59.2. The first-order chi connectivity index (χ1) is 43.1. The molecule has 0 radical (unpaired) electrons. The molecular formula is C74H59N4O2Pt-3. The van der Waals surface area contributed by atoms with Gasteiger partial charge in [-0.3, -0.25) is 0 Å². The zero-order chi connectivity index (χ0) is 63.2. The van der Waals surface area contributed by atoms with Gasteiger partial charge in [-0.2, -0.15) is 6.07 Å². The van der Waals surface area contributed by atoms with Gasteiger partial charge in [-0.25, -0.2) is 4.98 Å². The molecule has 6 nitrogen and oxygen atoms in total. The Kier molecular flexibility index (Phi) is 11.2. The van der Waals surface area contributed by atoms with Crippen LogP contribution in [0.25, 0.3) is 72.1 Å². The van der Waals surface area contributed by atoms with Crippen molar-refractivity contribution < 1.29 is 44.2 Å². The Morgan fingerprint density at radius 1 is 0.481 bits per heavy atom. The van der Waals surface area contributed by atoms with Gasteiger partial charge in [0.1, 0.15) is 17.3 Å². The topological polar surface area (TPSA) is 42.8 Å². The fraction of sp³-hybridized carbons (Fsp3) is 0.108. The van der Waals surface area contributed by atoms with Crippen molar-refractivity contribution in [3.8, 4) is 73.3 Å². The molecule has 0 fully saturated rings. The number of nitrogens with zero attached hydrogens (tertiary/aromatic N) is 4. The minimum absolute atomic E-state index is 0. The number of fused-ring (bicyclic) bond motifs is 4. The first-order valence-corrected chi connectivity index (χ1v) is 26.5. The summed E-state index contributed by atoms with van der Waals surface area (Å²) in [7, 11) is 0. The molecule has 2 aromatic heterocycles. The quantitative estimate of drug-likeness (QED) is 0.121. The molecule has 0 aliphatic carbocycles. The van der Waals surface area contributed by atoms with E-state index in [9.17, 15) is 0 Å². The fourth-order valence-electron chi connectivity index (χ4n) is 10.4. The molecule has 3 heterocycles. The molecule has 0 saturated carbocycles. The molecule has 0 atom stereocenters. The number of ether oxygens (including phenoxy) is 2. The molecule has 0 unspecified atom stereocenters. The van der Waals surface area contributed by atoms with Crippen LogP contribution in [-0.2, 0) is 31.9 Å². The molecule has 1 aliphatic heterocycles. The van der Waals surface area contributed by atoms with Crippen molar-refractivity contribution in [1.29, 1.82) is 0 Å². The summed E-state index contributed by atoms with van der Waals surface area (Å²) < 4.78 is 105. The molecule has 10 aromatic carbocycles. The molecule has 400 valence electrons. The van der Waals surface area contributed by atoms with Crippen LogP contribution >= 0.6 is 0 Å². The van der Waals surface area contributed by atoms with Gasteiger partial charge in [-0.05, 0) is 80.4 Å². The van der Waals surface area contributed by atoms with Crippen molar-refractivity contribution in [2.75, 3.05) is 9.80 Å². The van der Waals surface area contributed by atoms with Gasteiger partial charge < -0.3 is 23.8 Å². The summed E-state index contributed by atoms with van der Waals surface area (Å²) in [5.74, 6) is 2.66. The van der Waals surface area contributed by atoms with E-state index in [-0.39, 0.29) is 54.4 Å². The third kappa shape index (κ3) is 10.2. The van der Waals surface area contributed by atoms with Gasteiger partial charge in [0, 0.05) is 89.7 Å². The Hall–Kier alpha value is -8.96. The molecule has 0 spiro atoms. The molecule has 0 amide bonds. The normalized spacial score (nSPS) is 14.1. The summed E-state index contributed by atoms with van der Waals surface area (Å²) in [6.45, 7) is 14.7. The van der Waals surface area contributed by atoms with Gasteiger partial charge in [0.25, 0.3) is 0 Å². The van der Waals surface area contributed by atoms with E-state index in [0.717, 1.165) is 44.1 Å². The third-order valence-electron chi connectivity index (χ3n) is 14.5. The number of benzene rings is 10.